The molecule has 1 saturated heterocycles. The minimum atomic E-state index is -0.342. The second-order valence-corrected chi connectivity index (χ2v) is 8.19. The van der Waals surface area contributed by atoms with Crippen molar-refractivity contribution in [3.05, 3.63) is 27.1 Å². The molecule has 3 heterocycles. The van der Waals surface area contributed by atoms with Crippen LogP contribution in [-0.2, 0) is 4.74 Å². The van der Waals surface area contributed by atoms with E-state index in [9.17, 15) is 14.7 Å². The first kappa shape index (κ1) is 17.6. The summed E-state index contributed by atoms with van der Waals surface area (Å²) < 4.78 is 5.79. The summed E-state index contributed by atoms with van der Waals surface area (Å²) in [5.74, 6) is -0.0541. The zero-order valence-electron chi connectivity index (χ0n) is 14.9. The predicted octanol–water partition coefficient (Wildman–Crippen LogP) is 1.69. The van der Waals surface area contributed by atoms with E-state index in [1.807, 2.05) is 11.8 Å². The van der Waals surface area contributed by atoms with Crippen molar-refractivity contribution >= 4 is 27.5 Å². The maximum atomic E-state index is 13.0. The number of aromatic nitrogens is 2. The van der Waals surface area contributed by atoms with Gasteiger partial charge in [-0.05, 0) is 32.3 Å². The van der Waals surface area contributed by atoms with E-state index in [1.165, 1.54) is 17.7 Å². The SMILES string of the molecule is CCOC1CC(O)C12CCN(C(=O)c1sc3nc[nH]c(=O)c3c1C)CC2. The van der Waals surface area contributed by atoms with Gasteiger partial charge in [0.2, 0.25) is 0 Å². The summed E-state index contributed by atoms with van der Waals surface area (Å²) in [6.45, 7) is 5.60. The van der Waals surface area contributed by atoms with Crippen molar-refractivity contribution in [1.82, 2.24) is 14.9 Å². The van der Waals surface area contributed by atoms with Crippen LogP contribution in [0.25, 0.3) is 10.2 Å². The minimum Gasteiger partial charge on any atom is -0.392 e. The molecule has 1 aliphatic carbocycles. The molecule has 1 amide bonds. The molecule has 26 heavy (non-hydrogen) atoms. The molecule has 8 heteroatoms. The topological polar surface area (TPSA) is 95.5 Å². The molecule has 2 atom stereocenters. The summed E-state index contributed by atoms with van der Waals surface area (Å²) in [6, 6.07) is 0. The molecule has 7 nitrogen and oxygen atoms in total. The molecular weight excluding hydrogens is 354 g/mol. The number of fused-ring (bicyclic) bond motifs is 1. The number of piperidine rings is 1. The number of aliphatic hydroxyl groups excluding tert-OH is 1. The van der Waals surface area contributed by atoms with Gasteiger partial charge in [-0.25, -0.2) is 4.98 Å². The number of thiophene rings is 1. The number of hydrogen-bond acceptors (Lipinski definition) is 6. The van der Waals surface area contributed by atoms with Crippen molar-refractivity contribution in [2.45, 2.75) is 45.3 Å². The molecule has 2 aromatic heterocycles. The van der Waals surface area contributed by atoms with Crippen molar-refractivity contribution in [2.75, 3.05) is 19.7 Å². The van der Waals surface area contributed by atoms with Crippen LogP contribution in [0.2, 0.25) is 0 Å². The van der Waals surface area contributed by atoms with Crippen molar-refractivity contribution in [2.24, 2.45) is 5.41 Å². The number of aryl methyl sites for hydroxylation is 1. The average Bonchev–Trinajstić information content (AvgIpc) is 2.99. The number of hydrogen-bond donors (Lipinski definition) is 2. The van der Waals surface area contributed by atoms with Gasteiger partial charge in [0.1, 0.15) is 4.83 Å². The van der Waals surface area contributed by atoms with Crippen LogP contribution in [0.1, 0.15) is 41.4 Å². The number of ether oxygens (including phenoxy) is 1. The normalized spacial score (nSPS) is 24.8. The third kappa shape index (κ3) is 2.51. The molecule has 2 fully saturated rings. The molecule has 0 aromatic carbocycles. The van der Waals surface area contributed by atoms with Crippen LogP contribution in [-0.4, -0.2) is 57.8 Å². The van der Waals surface area contributed by atoms with Crippen molar-refractivity contribution in [3.63, 3.8) is 0 Å². The fourth-order valence-electron chi connectivity index (χ4n) is 4.37. The van der Waals surface area contributed by atoms with E-state index in [2.05, 4.69) is 9.97 Å². The molecule has 1 saturated carbocycles. The Kier molecular flexibility index (Phi) is 4.37. The molecule has 2 aromatic rings. The number of amides is 1. The van der Waals surface area contributed by atoms with E-state index >= 15 is 0 Å². The summed E-state index contributed by atoms with van der Waals surface area (Å²) in [7, 11) is 0. The van der Waals surface area contributed by atoms with Crippen LogP contribution >= 0.6 is 11.3 Å². The van der Waals surface area contributed by atoms with Gasteiger partial charge in [-0.1, -0.05) is 0 Å². The zero-order valence-corrected chi connectivity index (χ0v) is 15.8. The van der Waals surface area contributed by atoms with Gasteiger partial charge in [0.15, 0.2) is 0 Å². The highest BCUT2D eigenvalue weighted by atomic mass is 32.1. The monoisotopic (exact) mass is 377 g/mol. The Morgan fingerprint density at radius 3 is 2.85 bits per heavy atom. The lowest BCUT2D eigenvalue weighted by molar-refractivity contribution is -0.207. The molecule has 1 aliphatic heterocycles. The summed E-state index contributed by atoms with van der Waals surface area (Å²) in [5, 5.41) is 10.8. The Bertz CT molecular complexity index is 895. The van der Waals surface area contributed by atoms with Crippen molar-refractivity contribution in [1.29, 1.82) is 0 Å². The van der Waals surface area contributed by atoms with Crippen LogP contribution in [0, 0.1) is 12.3 Å². The predicted molar refractivity (Wildman–Crippen MR) is 98.6 cm³/mol. The highest BCUT2D eigenvalue weighted by Gasteiger charge is 2.56. The second kappa shape index (κ2) is 6.44. The van der Waals surface area contributed by atoms with Gasteiger partial charge < -0.3 is 19.7 Å². The first-order valence-corrected chi connectivity index (χ1v) is 9.85. The van der Waals surface area contributed by atoms with E-state index in [1.54, 1.807) is 6.92 Å². The van der Waals surface area contributed by atoms with Gasteiger partial charge in [-0.3, -0.25) is 9.59 Å². The van der Waals surface area contributed by atoms with E-state index in [0.717, 1.165) is 12.8 Å². The Morgan fingerprint density at radius 2 is 2.23 bits per heavy atom. The molecule has 2 N–H and O–H groups in total. The fourth-order valence-corrected chi connectivity index (χ4v) is 5.49. The maximum Gasteiger partial charge on any atom is 0.264 e. The van der Waals surface area contributed by atoms with Crippen molar-refractivity contribution in [3.8, 4) is 0 Å². The first-order valence-electron chi connectivity index (χ1n) is 9.03. The Labute approximate surface area is 155 Å². The van der Waals surface area contributed by atoms with Crippen LogP contribution in [0.15, 0.2) is 11.1 Å². The van der Waals surface area contributed by atoms with Crippen LogP contribution in [0.4, 0.5) is 0 Å². The van der Waals surface area contributed by atoms with Gasteiger partial charge in [0.25, 0.3) is 11.5 Å². The second-order valence-electron chi connectivity index (χ2n) is 7.19. The summed E-state index contributed by atoms with van der Waals surface area (Å²) in [5.41, 5.74) is 0.277. The van der Waals surface area contributed by atoms with Crippen LogP contribution in [0.3, 0.4) is 0 Å². The smallest absolute Gasteiger partial charge is 0.264 e. The van der Waals surface area contributed by atoms with E-state index in [4.69, 9.17) is 4.74 Å². The summed E-state index contributed by atoms with van der Waals surface area (Å²) in [6.07, 6.45) is 3.29. The average molecular weight is 377 g/mol. The fraction of sp³-hybridized carbons (Fsp3) is 0.611. The molecular formula is C18H23N3O4S. The maximum absolute atomic E-state index is 13.0. The quantitative estimate of drug-likeness (QED) is 0.849. The Hall–Kier alpha value is -1.77. The number of nitrogens with one attached hydrogen (secondary N) is 1. The highest BCUT2D eigenvalue weighted by Crippen LogP contribution is 2.51. The first-order chi connectivity index (χ1) is 12.5. The van der Waals surface area contributed by atoms with Gasteiger partial charge >= 0.3 is 0 Å². The molecule has 140 valence electrons. The summed E-state index contributed by atoms with van der Waals surface area (Å²) in [4.78, 5) is 34.8. The Balaban J connectivity index is 1.54. The number of carbonyl (C=O) groups excluding carboxylic acids is 1. The third-order valence-electron chi connectivity index (χ3n) is 6.02. The van der Waals surface area contributed by atoms with Crippen LogP contribution in [0.5, 0.6) is 0 Å². The lowest BCUT2D eigenvalue weighted by Crippen LogP contribution is -2.62. The molecule has 4 rings (SSSR count). The van der Waals surface area contributed by atoms with Crippen LogP contribution < -0.4 is 5.56 Å². The number of nitrogens with zero attached hydrogens (tertiary/aromatic N) is 2. The molecule has 2 aliphatic rings. The zero-order chi connectivity index (χ0) is 18.5. The van der Waals surface area contributed by atoms with E-state index in [0.29, 0.717) is 46.8 Å². The summed E-state index contributed by atoms with van der Waals surface area (Å²) >= 11 is 1.27. The minimum absolute atomic E-state index is 0.0541. The lowest BCUT2D eigenvalue weighted by Gasteiger charge is -2.56. The van der Waals surface area contributed by atoms with Gasteiger partial charge in [-0.15, -0.1) is 11.3 Å². The Morgan fingerprint density at radius 1 is 1.50 bits per heavy atom. The molecule has 0 radical (unpaired) electrons. The third-order valence-corrected chi connectivity index (χ3v) is 7.21. The van der Waals surface area contributed by atoms with E-state index in [-0.39, 0.29) is 29.1 Å². The molecule has 2 unspecified atom stereocenters. The lowest BCUT2D eigenvalue weighted by atomic mass is 9.58. The van der Waals surface area contributed by atoms with Gasteiger partial charge in [0, 0.05) is 31.5 Å². The molecule has 0 bridgehead atoms. The number of aromatic amines is 1. The van der Waals surface area contributed by atoms with Gasteiger partial charge in [0.05, 0.1) is 28.8 Å². The number of H-pyrrole nitrogens is 1. The van der Waals surface area contributed by atoms with Crippen molar-refractivity contribution < 1.29 is 14.6 Å². The molecule has 1 spiro atoms. The van der Waals surface area contributed by atoms with Gasteiger partial charge in [-0.2, -0.15) is 0 Å². The standard InChI is InChI=1S/C18H23N3O4S/c1-3-25-12-8-11(22)18(12)4-6-21(7-5-18)17(24)14-10(2)13-15(23)19-9-20-16(13)26-14/h9,11-12,22H,3-8H2,1-2H3,(H,19,20,23). The number of rotatable bonds is 3. The number of aliphatic hydroxyl groups is 1. The highest BCUT2D eigenvalue weighted by molar-refractivity contribution is 7.20. The largest absolute Gasteiger partial charge is 0.392 e. The number of likely N-dealkylation sites (tertiary alicyclic amines) is 1. The van der Waals surface area contributed by atoms with E-state index < -0.39 is 0 Å². The number of carbonyl (C=O) groups is 1.